The molecule has 23 heavy (non-hydrogen) atoms. The quantitative estimate of drug-likeness (QED) is 0.762. The van der Waals surface area contributed by atoms with Gasteiger partial charge in [0.25, 0.3) is 0 Å². The van der Waals surface area contributed by atoms with Crippen LogP contribution in [0.4, 0.5) is 10.5 Å². The fourth-order valence-electron chi connectivity index (χ4n) is 2.05. The fraction of sp³-hybridized carbons (Fsp3) is 0.333. The van der Waals surface area contributed by atoms with Crippen molar-refractivity contribution in [3.63, 3.8) is 0 Å². The van der Waals surface area contributed by atoms with Crippen LogP contribution in [0, 0.1) is 6.92 Å². The highest BCUT2D eigenvalue weighted by Crippen LogP contribution is 2.21. The van der Waals surface area contributed by atoms with E-state index in [4.69, 9.17) is 4.74 Å². The van der Waals surface area contributed by atoms with E-state index in [9.17, 15) is 4.79 Å². The number of anilines is 1. The predicted octanol–water partition coefficient (Wildman–Crippen LogP) is 3.89. The number of pyridine rings is 1. The van der Waals surface area contributed by atoms with Crippen molar-refractivity contribution in [3.8, 4) is 5.75 Å². The van der Waals surface area contributed by atoms with Gasteiger partial charge in [0, 0.05) is 24.6 Å². The van der Waals surface area contributed by atoms with Crippen LogP contribution < -0.4 is 15.4 Å². The molecule has 2 rings (SSSR count). The molecule has 0 saturated carbocycles. The Labute approximate surface area is 137 Å². The second-order valence-electron chi connectivity index (χ2n) is 5.35. The summed E-state index contributed by atoms with van der Waals surface area (Å²) in [6, 6.07) is 9.19. The zero-order valence-corrected chi connectivity index (χ0v) is 13.6. The summed E-state index contributed by atoms with van der Waals surface area (Å²) < 4.78 is 5.66. The van der Waals surface area contributed by atoms with Gasteiger partial charge in [-0.1, -0.05) is 19.4 Å². The molecule has 0 unspecified atom stereocenters. The number of ether oxygens (including phenoxy) is 1. The molecule has 0 atom stereocenters. The molecule has 2 amide bonds. The van der Waals surface area contributed by atoms with Crippen LogP contribution in [0.25, 0.3) is 0 Å². The minimum atomic E-state index is -0.239. The number of urea groups is 1. The van der Waals surface area contributed by atoms with E-state index in [1.165, 1.54) is 0 Å². The molecule has 5 heteroatoms. The number of aryl methyl sites for hydroxylation is 1. The highest BCUT2D eigenvalue weighted by Gasteiger charge is 2.05. The maximum absolute atomic E-state index is 12.0. The number of carbonyl (C=O) groups is 1. The van der Waals surface area contributed by atoms with E-state index in [1.54, 1.807) is 12.4 Å². The molecule has 0 radical (unpaired) electrons. The van der Waals surface area contributed by atoms with Gasteiger partial charge >= 0.3 is 6.03 Å². The predicted molar refractivity (Wildman–Crippen MR) is 91.7 cm³/mol. The van der Waals surface area contributed by atoms with Crippen LogP contribution in [0.15, 0.2) is 42.7 Å². The lowest BCUT2D eigenvalue weighted by atomic mass is 10.2. The first-order valence-electron chi connectivity index (χ1n) is 7.86. The lowest BCUT2D eigenvalue weighted by Crippen LogP contribution is -2.28. The van der Waals surface area contributed by atoms with E-state index in [-0.39, 0.29) is 6.03 Å². The van der Waals surface area contributed by atoms with Crippen molar-refractivity contribution in [1.82, 2.24) is 10.3 Å². The SMILES string of the molecule is CCCCOc1ccc(NC(=O)NCc2cccnc2)c(C)c1. The van der Waals surface area contributed by atoms with Crippen LogP contribution in [-0.2, 0) is 6.54 Å². The molecule has 0 fully saturated rings. The van der Waals surface area contributed by atoms with E-state index in [0.29, 0.717) is 13.2 Å². The topological polar surface area (TPSA) is 63.2 Å². The molecule has 0 saturated heterocycles. The van der Waals surface area contributed by atoms with Crippen LogP contribution in [-0.4, -0.2) is 17.6 Å². The van der Waals surface area contributed by atoms with Crippen LogP contribution in [0.2, 0.25) is 0 Å². The van der Waals surface area contributed by atoms with Crippen LogP contribution >= 0.6 is 0 Å². The number of benzene rings is 1. The molecular formula is C18H23N3O2. The van der Waals surface area contributed by atoms with Crippen molar-refractivity contribution in [2.24, 2.45) is 0 Å². The highest BCUT2D eigenvalue weighted by atomic mass is 16.5. The second-order valence-corrected chi connectivity index (χ2v) is 5.35. The van der Waals surface area contributed by atoms with Crippen molar-refractivity contribution < 1.29 is 9.53 Å². The van der Waals surface area contributed by atoms with Gasteiger partial charge in [-0.05, 0) is 48.7 Å². The molecule has 2 N–H and O–H groups in total. The fourth-order valence-corrected chi connectivity index (χ4v) is 2.05. The van der Waals surface area contributed by atoms with Crippen LogP contribution in [0.3, 0.4) is 0 Å². The molecule has 2 aromatic rings. The Morgan fingerprint density at radius 1 is 1.30 bits per heavy atom. The van der Waals surface area contributed by atoms with Crippen molar-refractivity contribution in [3.05, 3.63) is 53.9 Å². The van der Waals surface area contributed by atoms with Crippen molar-refractivity contribution >= 4 is 11.7 Å². The normalized spacial score (nSPS) is 10.2. The van der Waals surface area contributed by atoms with Gasteiger partial charge in [-0.15, -0.1) is 0 Å². The number of nitrogens with zero attached hydrogens (tertiary/aromatic N) is 1. The number of aromatic nitrogens is 1. The van der Waals surface area contributed by atoms with Gasteiger partial charge in [0.2, 0.25) is 0 Å². The molecule has 5 nitrogen and oxygen atoms in total. The highest BCUT2D eigenvalue weighted by molar-refractivity contribution is 5.90. The molecule has 1 heterocycles. The minimum absolute atomic E-state index is 0.239. The molecule has 122 valence electrons. The van der Waals surface area contributed by atoms with E-state index in [0.717, 1.165) is 35.4 Å². The Balaban J connectivity index is 1.85. The summed E-state index contributed by atoms with van der Waals surface area (Å²) in [5.74, 6) is 0.831. The average Bonchev–Trinajstić information content (AvgIpc) is 2.57. The lowest BCUT2D eigenvalue weighted by Gasteiger charge is -2.12. The van der Waals surface area contributed by atoms with Crippen LogP contribution in [0.1, 0.15) is 30.9 Å². The van der Waals surface area contributed by atoms with Crippen molar-refractivity contribution in [2.45, 2.75) is 33.2 Å². The first-order chi connectivity index (χ1) is 11.2. The van der Waals surface area contributed by atoms with Crippen molar-refractivity contribution in [2.75, 3.05) is 11.9 Å². The van der Waals surface area contributed by atoms with E-state index >= 15 is 0 Å². The number of amides is 2. The van der Waals surface area contributed by atoms with E-state index < -0.39 is 0 Å². The maximum Gasteiger partial charge on any atom is 0.319 e. The molecule has 0 aliphatic rings. The number of hydrogen-bond donors (Lipinski definition) is 2. The summed E-state index contributed by atoms with van der Waals surface area (Å²) >= 11 is 0. The molecule has 0 bridgehead atoms. The summed E-state index contributed by atoms with van der Waals surface area (Å²) in [5.41, 5.74) is 2.70. The number of carbonyl (C=O) groups excluding carboxylic acids is 1. The molecule has 0 spiro atoms. The number of hydrogen-bond acceptors (Lipinski definition) is 3. The number of rotatable bonds is 7. The first kappa shape index (κ1) is 16.8. The minimum Gasteiger partial charge on any atom is -0.494 e. The third-order valence-electron chi connectivity index (χ3n) is 3.39. The summed E-state index contributed by atoms with van der Waals surface area (Å²) in [6.07, 6.45) is 5.58. The Kier molecular flexibility index (Phi) is 6.41. The average molecular weight is 313 g/mol. The Morgan fingerprint density at radius 3 is 2.87 bits per heavy atom. The molecule has 1 aromatic heterocycles. The smallest absolute Gasteiger partial charge is 0.319 e. The monoisotopic (exact) mass is 313 g/mol. The van der Waals surface area contributed by atoms with E-state index in [1.807, 2.05) is 37.3 Å². The standard InChI is InChI=1S/C18H23N3O2/c1-3-4-10-23-16-7-8-17(14(2)11-16)21-18(22)20-13-15-6-5-9-19-12-15/h5-9,11-12H,3-4,10,13H2,1-2H3,(H2,20,21,22). The third-order valence-corrected chi connectivity index (χ3v) is 3.39. The van der Waals surface area contributed by atoms with Crippen LogP contribution in [0.5, 0.6) is 5.75 Å². The Hall–Kier alpha value is -2.56. The Morgan fingerprint density at radius 2 is 2.17 bits per heavy atom. The van der Waals surface area contributed by atoms with E-state index in [2.05, 4.69) is 22.5 Å². The number of unbranched alkanes of at least 4 members (excludes halogenated alkanes) is 1. The van der Waals surface area contributed by atoms with Gasteiger partial charge in [-0.3, -0.25) is 4.98 Å². The molecular weight excluding hydrogens is 290 g/mol. The van der Waals surface area contributed by atoms with Gasteiger partial charge in [0.1, 0.15) is 5.75 Å². The molecule has 1 aromatic carbocycles. The van der Waals surface area contributed by atoms with Crippen molar-refractivity contribution in [1.29, 1.82) is 0 Å². The first-order valence-corrected chi connectivity index (χ1v) is 7.86. The maximum atomic E-state index is 12.0. The zero-order valence-electron chi connectivity index (χ0n) is 13.6. The summed E-state index contributed by atoms with van der Waals surface area (Å²) in [4.78, 5) is 16.0. The lowest BCUT2D eigenvalue weighted by molar-refractivity contribution is 0.251. The van der Waals surface area contributed by atoms with Gasteiger partial charge in [-0.2, -0.15) is 0 Å². The summed E-state index contributed by atoms with van der Waals surface area (Å²) in [5, 5.41) is 5.66. The van der Waals surface area contributed by atoms with Gasteiger partial charge in [-0.25, -0.2) is 4.79 Å². The largest absolute Gasteiger partial charge is 0.494 e. The van der Waals surface area contributed by atoms with Gasteiger partial charge < -0.3 is 15.4 Å². The summed E-state index contributed by atoms with van der Waals surface area (Å²) in [6.45, 7) is 5.24. The zero-order chi connectivity index (χ0) is 16.5. The molecule has 0 aliphatic heterocycles. The molecule has 0 aliphatic carbocycles. The Bertz CT molecular complexity index is 629. The van der Waals surface area contributed by atoms with Gasteiger partial charge in [0.15, 0.2) is 0 Å². The third kappa shape index (κ3) is 5.62. The summed E-state index contributed by atoms with van der Waals surface area (Å²) in [7, 11) is 0. The van der Waals surface area contributed by atoms with Gasteiger partial charge in [0.05, 0.1) is 6.61 Å². The number of nitrogens with one attached hydrogen (secondary N) is 2. The second kappa shape index (κ2) is 8.78.